The number of alkyl halides is 2. The van der Waals surface area contributed by atoms with Crippen LogP contribution in [0.2, 0.25) is 0 Å². The van der Waals surface area contributed by atoms with Gasteiger partial charge in [-0.2, -0.15) is 0 Å². The van der Waals surface area contributed by atoms with Crippen LogP contribution in [0.5, 0.6) is 0 Å². The normalized spacial score (nSPS) is 20.3. The molecule has 0 amide bonds. The third-order valence-electron chi connectivity index (χ3n) is 2.90. The lowest BCUT2D eigenvalue weighted by atomic mass is 9.99. The third kappa shape index (κ3) is 11.9. The van der Waals surface area contributed by atoms with Crippen molar-refractivity contribution in [3.63, 3.8) is 0 Å². The molecule has 10 heteroatoms. The second-order valence-electron chi connectivity index (χ2n) is 6.36. The van der Waals surface area contributed by atoms with E-state index in [9.17, 15) is 18.4 Å². The summed E-state index contributed by atoms with van der Waals surface area (Å²) in [5.41, 5.74) is 3.21. The number of carbonyl (C=O) groups excluding carboxylic acids is 2. The van der Waals surface area contributed by atoms with E-state index in [1.807, 2.05) is 26.8 Å². The summed E-state index contributed by atoms with van der Waals surface area (Å²) >= 11 is 12.7. The molecule has 1 aromatic rings. The Hall–Kier alpha value is -0.830. The zero-order valence-electron chi connectivity index (χ0n) is 15.4. The van der Waals surface area contributed by atoms with Crippen LogP contribution < -0.4 is 11.3 Å². The lowest BCUT2D eigenvalue weighted by Gasteiger charge is -2.23. The zero-order chi connectivity index (χ0) is 21.3. The van der Waals surface area contributed by atoms with Crippen molar-refractivity contribution in [2.45, 2.75) is 30.9 Å². The summed E-state index contributed by atoms with van der Waals surface area (Å²) in [5.74, 6) is 2.60. The fraction of sp³-hybridized carbons (Fsp3) is 0.333. The van der Waals surface area contributed by atoms with Gasteiger partial charge < -0.3 is 0 Å². The first-order chi connectivity index (χ1) is 12.3. The number of hydrogen-bond donors (Lipinski definition) is 2. The second-order valence-corrected chi connectivity index (χ2v) is 8.29. The number of rotatable bonds is 2. The minimum absolute atomic E-state index is 0. The van der Waals surface area contributed by atoms with Gasteiger partial charge in [-0.1, -0.05) is 36.4 Å². The van der Waals surface area contributed by atoms with Crippen molar-refractivity contribution >= 4 is 62.0 Å². The fourth-order valence-electron chi connectivity index (χ4n) is 1.47. The second kappa shape index (κ2) is 13.4. The van der Waals surface area contributed by atoms with Crippen LogP contribution >= 0.6 is 51.5 Å². The molecule has 1 aromatic carbocycles. The average molecular weight is 523 g/mol. The summed E-state index contributed by atoms with van der Waals surface area (Å²) in [5, 5.41) is -1.47. The molecule has 28 heavy (non-hydrogen) atoms. The van der Waals surface area contributed by atoms with Gasteiger partial charge in [0, 0.05) is 11.1 Å². The van der Waals surface area contributed by atoms with E-state index in [2.05, 4.69) is 21.4 Å². The summed E-state index contributed by atoms with van der Waals surface area (Å²) in [6.07, 6.45) is 3.21. The highest BCUT2D eigenvalue weighted by Gasteiger charge is 2.43. The molecule has 2 rings (SSSR count). The lowest BCUT2D eigenvalue weighted by molar-refractivity contribution is -0.116. The lowest BCUT2D eigenvalue weighted by Crippen LogP contribution is -2.41. The van der Waals surface area contributed by atoms with E-state index in [1.165, 1.54) is 6.08 Å². The standard InChI is InChI=1S/C7H4BrClF2O.C7H5ClO.C4H12N2.ClH/c8-7(11)3-1-2-4(10)5(7)6(9)12;8-7(9)6-4-2-1-3-5-6;1-4(2,3)6-5;/h1-3,5H;1-5H;6H,5H2,1-3H3;1H. The number of hydrazine groups is 1. The molecule has 3 N–H and O–H groups in total. The van der Waals surface area contributed by atoms with Gasteiger partial charge in [-0.3, -0.25) is 20.9 Å². The monoisotopic (exact) mass is 520 g/mol. The van der Waals surface area contributed by atoms with Crippen LogP contribution in [0.25, 0.3) is 0 Å². The van der Waals surface area contributed by atoms with E-state index in [0.29, 0.717) is 5.56 Å². The fourth-order valence-corrected chi connectivity index (χ4v) is 2.57. The van der Waals surface area contributed by atoms with E-state index >= 15 is 0 Å². The van der Waals surface area contributed by atoms with Crippen LogP contribution in [0.15, 0.2) is 54.4 Å². The molecule has 0 spiro atoms. The highest BCUT2D eigenvalue weighted by molar-refractivity contribution is 9.10. The van der Waals surface area contributed by atoms with E-state index in [1.54, 1.807) is 24.3 Å². The number of allylic oxidation sites excluding steroid dienone is 4. The molecule has 1 aliphatic carbocycles. The quantitative estimate of drug-likeness (QED) is 0.230. The third-order valence-corrected chi connectivity index (χ3v) is 4.05. The first-order valence-electron chi connectivity index (χ1n) is 7.66. The summed E-state index contributed by atoms with van der Waals surface area (Å²) in [4.78, 5) is 21.0. The summed E-state index contributed by atoms with van der Waals surface area (Å²) < 4.78 is 23.9. The number of hydrogen-bond acceptors (Lipinski definition) is 4. The smallest absolute Gasteiger partial charge is 0.252 e. The number of nitrogens with one attached hydrogen (secondary N) is 1. The molecule has 0 radical (unpaired) electrons. The van der Waals surface area contributed by atoms with Gasteiger partial charge in [0.2, 0.25) is 9.82 Å². The highest BCUT2D eigenvalue weighted by atomic mass is 79.9. The molecule has 2 atom stereocenters. The molecule has 0 saturated carbocycles. The molecule has 0 saturated heterocycles. The van der Waals surface area contributed by atoms with Crippen molar-refractivity contribution in [1.29, 1.82) is 0 Å². The molecule has 0 bridgehead atoms. The molecule has 2 unspecified atom stereocenters. The van der Waals surface area contributed by atoms with E-state index in [0.717, 1.165) is 12.2 Å². The van der Waals surface area contributed by atoms with E-state index < -0.39 is 26.8 Å². The largest absolute Gasteiger partial charge is 0.280 e. The van der Waals surface area contributed by atoms with Gasteiger partial charge in [-0.05, 0) is 72.1 Å². The SMILES string of the molecule is CC(C)(C)NN.Cl.O=C(Cl)C1C(F)=CC=CC1(F)Br.O=C(Cl)c1ccccc1. The van der Waals surface area contributed by atoms with Crippen molar-refractivity contribution in [2.24, 2.45) is 11.8 Å². The molecular weight excluding hydrogens is 500 g/mol. The predicted molar refractivity (Wildman–Crippen MR) is 116 cm³/mol. The van der Waals surface area contributed by atoms with Crippen LogP contribution in [0.4, 0.5) is 8.78 Å². The van der Waals surface area contributed by atoms with Gasteiger partial charge in [0.15, 0.2) is 0 Å². The number of benzene rings is 1. The minimum Gasteiger partial charge on any atom is -0.280 e. The number of carbonyl (C=O) groups is 2. The Morgan fingerprint density at radius 2 is 1.68 bits per heavy atom. The van der Waals surface area contributed by atoms with Crippen LogP contribution in [0.1, 0.15) is 31.1 Å². The van der Waals surface area contributed by atoms with Gasteiger partial charge in [-0.25, -0.2) is 8.78 Å². The van der Waals surface area contributed by atoms with Gasteiger partial charge in [0.25, 0.3) is 5.24 Å². The molecule has 0 aromatic heterocycles. The Labute approximate surface area is 188 Å². The van der Waals surface area contributed by atoms with Crippen LogP contribution in [0, 0.1) is 5.92 Å². The molecule has 0 fully saturated rings. The topological polar surface area (TPSA) is 72.2 Å². The first kappa shape index (κ1) is 29.4. The summed E-state index contributed by atoms with van der Waals surface area (Å²) in [6, 6.07) is 8.74. The van der Waals surface area contributed by atoms with Crippen molar-refractivity contribution in [3.8, 4) is 0 Å². The van der Waals surface area contributed by atoms with Gasteiger partial charge >= 0.3 is 0 Å². The van der Waals surface area contributed by atoms with Crippen molar-refractivity contribution in [3.05, 3.63) is 60.0 Å². The zero-order valence-corrected chi connectivity index (χ0v) is 19.3. The number of halogens is 6. The maximum Gasteiger partial charge on any atom is 0.252 e. The van der Waals surface area contributed by atoms with Crippen LogP contribution in [-0.2, 0) is 4.79 Å². The Bertz CT molecular complexity index is 694. The average Bonchev–Trinajstić information content (AvgIpc) is 2.55. The predicted octanol–water partition coefficient (Wildman–Crippen LogP) is 5.59. The van der Waals surface area contributed by atoms with Crippen molar-refractivity contribution < 1.29 is 18.4 Å². The maximum atomic E-state index is 13.3. The molecule has 4 nitrogen and oxygen atoms in total. The van der Waals surface area contributed by atoms with Crippen molar-refractivity contribution in [1.82, 2.24) is 5.43 Å². The highest BCUT2D eigenvalue weighted by Crippen LogP contribution is 2.40. The Balaban J connectivity index is 0. The van der Waals surface area contributed by atoms with Gasteiger partial charge in [-0.15, -0.1) is 12.4 Å². The van der Waals surface area contributed by atoms with Gasteiger partial charge in [0.1, 0.15) is 11.7 Å². The van der Waals surface area contributed by atoms with Gasteiger partial charge in [0.05, 0.1) is 0 Å². The van der Waals surface area contributed by atoms with Crippen LogP contribution in [-0.4, -0.2) is 20.6 Å². The molecular formula is C18H22BrCl3F2N2O2. The van der Waals surface area contributed by atoms with E-state index in [4.69, 9.17) is 29.0 Å². The molecule has 158 valence electrons. The first-order valence-corrected chi connectivity index (χ1v) is 9.21. The summed E-state index contributed by atoms with van der Waals surface area (Å²) in [6.45, 7) is 6.02. The van der Waals surface area contributed by atoms with Crippen molar-refractivity contribution in [2.75, 3.05) is 0 Å². The molecule has 1 aliphatic rings. The summed E-state index contributed by atoms with van der Waals surface area (Å²) in [7, 11) is 0. The van der Waals surface area contributed by atoms with Crippen LogP contribution in [0.3, 0.4) is 0 Å². The minimum atomic E-state index is -2.20. The maximum absolute atomic E-state index is 13.3. The Morgan fingerprint density at radius 1 is 1.21 bits per heavy atom. The number of nitrogens with two attached hydrogens (primary N) is 1. The Morgan fingerprint density at radius 3 is 1.93 bits per heavy atom. The van der Waals surface area contributed by atoms with E-state index in [-0.39, 0.29) is 17.9 Å². The Kier molecular flexibility index (Phi) is 14.1. The molecule has 0 heterocycles. The molecule has 0 aliphatic heterocycles.